The molecule has 1 saturated heterocycles. The quantitative estimate of drug-likeness (QED) is 0.400. The SMILES string of the molecule is O=C(CSc1nnc2n(C[C@H]3CCCO3)c(=O)c3sccc3n12)NCc1ccc(Cl)cc1. The van der Waals surface area contributed by atoms with E-state index in [0.29, 0.717) is 33.7 Å². The van der Waals surface area contributed by atoms with Gasteiger partial charge in [-0.25, -0.2) is 0 Å². The highest BCUT2D eigenvalue weighted by Gasteiger charge is 2.22. The highest BCUT2D eigenvalue weighted by Crippen LogP contribution is 2.25. The van der Waals surface area contributed by atoms with Gasteiger partial charge in [-0.3, -0.25) is 18.6 Å². The fourth-order valence-corrected chi connectivity index (χ4v) is 5.45. The summed E-state index contributed by atoms with van der Waals surface area (Å²) in [6, 6.07) is 9.23. The summed E-state index contributed by atoms with van der Waals surface area (Å²) in [5, 5.41) is 14.6. The Morgan fingerprint density at radius 2 is 2.12 bits per heavy atom. The van der Waals surface area contributed by atoms with Gasteiger partial charge in [0.05, 0.1) is 23.9 Å². The van der Waals surface area contributed by atoms with Crippen molar-refractivity contribution in [1.82, 2.24) is 24.5 Å². The van der Waals surface area contributed by atoms with Crippen molar-refractivity contribution in [2.45, 2.75) is 37.2 Å². The fourth-order valence-electron chi connectivity index (χ4n) is 3.73. The Morgan fingerprint density at radius 3 is 2.91 bits per heavy atom. The molecule has 3 aromatic heterocycles. The standard InChI is InChI=1S/C21H20ClN5O3S2/c22-14-5-3-13(4-6-14)10-23-17(28)12-32-21-25-24-20-26(11-15-2-1-8-30-15)19(29)18-16(27(20)21)7-9-31-18/h3-7,9,15H,1-2,8,10-12H2,(H,23,28)/t15-/m1/s1. The van der Waals surface area contributed by atoms with Gasteiger partial charge in [0.2, 0.25) is 11.7 Å². The lowest BCUT2D eigenvalue weighted by Gasteiger charge is -2.13. The van der Waals surface area contributed by atoms with Gasteiger partial charge in [-0.1, -0.05) is 35.5 Å². The Balaban J connectivity index is 1.36. The topological polar surface area (TPSA) is 90.5 Å². The van der Waals surface area contributed by atoms with Gasteiger partial charge in [0, 0.05) is 18.2 Å². The van der Waals surface area contributed by atoms with Crippen LogP contribution >= 0.6 is 34.7 Å². The van der Waals surface area contributed by atoms with E-state index in [1.54, 1.807) is 16.7 Å². The summed E-state index contributed by atoms with van der Waals surface area (Å²) < 4.78 is 9.88. The van der Waals surface area contributed by atoms with Crippen LogP contribution in [0.1, 0.15) is 18.4 Å². The molecule has 4 aromatic rings. The molecule has 8 nitrogen and oxygen atoms in total. The lowest BCUT2D eigenvalue weighted by molar-refractivity contribution is -0.118. The number of nitrogens with one attached hydrogen (secondary N) is 1. The van der Waals surface area contributed by atoms with Gasteiger partial charge in [-0.15, -0.1) is 21.5 Å². The molecule has 0 saturated carbocycles. The van der Waals surface area contributed by atoms with Gasteiger partial charge >= 0.3 is 0 Å². The van der Waals surface area contributed by atoms with Gasteiger partial charge in [0.25, 0.3) is 5.56 Å². The van der Waals surface area contributed by atoms with Crippen LogP contribution in [-0.2, 0) is 22.6 Å². The molecule has 1 atom stereocenters. The molecule has 0 unspecified atom stereocenters. The number of nitrogens with zero attached hydrogens (tertiary/aromatic N) is 4. The molecule has 166 valence electrons. The second-order valence-corrected chi connectivity index (χ2v) is 9.79. The second-order valence-electron chi connectivity index (χ2n) is 7.50. The summed E-state index contributed by atoms with van der Waals surface area (Å²) in [6.07, 6.45) is 1.92. The minimum atomic E-state index is -0.115. The van der Waals surface area contributed by atoms with E-state index >= 15 is 0 Å². The van der Waals surface area contributed by atoms with Gasteiger partial charge in [0.1, 0.15) is 4.70 Å². The number of fused-ring (bicyclic) bond motifs is 3. The number of halogens is 1. The van der Waals surface area contributed by atoms with Crippen LogP contribution in [0.15, 0.2) is 45.7 Å². The highest BCUT2D eigenvalue weighted by molar-refractivity contribution is 7.99. The summed E-state index contributed by atoms with van der Waals surface area (Å²) in [7, 11) is 0. The smallest absolute Gasteiger partial charge is 0.272 e. The normalized spacial score (nSPS) is 16.2. The molecule has 1 aliphatic heterocycles. The van der Waals surface area contributed by atoms with E-state index in [1.807, 2.05) is 28.0 Å². The third-order valence-corrected chi connectivity index (χ3v) is 7.40. The predicted octanol–water partition coefficient (Wildman–Crippen LogP) is 3.35. The molecule has 0 bridgehead atoms. The van der Waals surface area contributed by atoms with Crippen molar-refractivity contribution in [1.29, 1.82) is 0 Å². The van der Waals surface area contributed by atoms with Crippen molar-refractivity contribution in [2.75, 3.05) is 12.4 Å². The van der Waals surface area contributed by atoms with Crippen LogP contribution in [0, 0.1) is 0 Å². The Kier molecular flexibility index (Phi) is 6.18. The Labute approximate surface area is 196 Å². The fraction of sp³-hybridized carbons (Fsp3) is 0.333. The first-order chi connectivity index (χ1) is 15.6. The molecule has 1 aliphatic rings. The van der Waals surface area contributed by atoms with Crippen molar-refractivity contribution in [3.8, 4) is 0 Å². The van der Waals surface area contributed by atoms with Crippen LogP contribution in [-0.4, -0.2) is 43.5 Å². The van der Waals surface area contributed by atoms with Crippen molar-refractivity contribution >= 4 is 56.6 Å². The number of aromatic nitrogens is 4. The highest BCUT2D eigenvalue weighted by atomic mass is 35.5. The Morgan fingerprint density at radius 1 is 1.28 bits per heavy atom. The maximum absolute atomic E-state index is 13.1. The van der Waals surface area contributed by atoms with Crippen molar-refractivity contribution in [3.63, 3.8) is 0 Å². The molecule has 4 heterocycles. The van der Waals surface area contributed by atoms with E-state index in [4.69, 9.17) is 16.3 Å². The minimum absolute atomic E-state index is 0.000334. The summed E-state index contributed by atoms with van der Waals surface area (Å²) in [6.45, 7) is 1.59. The predicted molar refractivity (Wildman–Crippen MR) is 126 cm³/mol. The number of benzene rings is 1. The summed E-state index contributed by atoms with van der Waals surface area (Å²) in [4.78, 5) is 25.5. The van der Waals surface area contributed by atoms with E-state index < -0.39 is 0 Å². The maximum atomic E-state index is 13.1. The zero-order valence-electron chi connectivity index (χ0n) is 17.0. The minimum Gasteiger partial charge on any atom is -0.376 e. The summed E-state index contributed by atoms with van der Waals surface area (Å²) in [5.41, 5.74) is 1.65. The number of ether oxygens (including phenoxy) is 1. The first kappa shape index (κ1) is 21.4. The number of thiophene rings is 1. The summed E-state index contributed by atoms with van der Waals surface area (Å²) in [5.74, 6) is 0.543. The van der Waals surface area contributed by atoms with E-state index in [2.05, 4.69) is 15.5 Å². The number of rotatable bonds is 7. The molecular weight excluding hydrogens is 470 g/mol. The van der Waals surface area contributed by atoms with Crippen LogP contribution in [0.4, 0.5) is 0 Å². The lowest BCUT2D eigenvalue weighted by atomic mass is 10.2. The van der Waals surface area contributed by atoms with E-state index in [0.717, 1.165) is 30.5 Å². The molecule has 11 heteroatoms. The molecule has 5 rings (SSSR count). The molecular formula is C21H20ClN5O3S2. The van der Waals surface area contributed by atoms with Crippen LogP contribution in [0.25, 0.3) is 16.0 Å². The third kappa shape index (κ3) is 4.27. The van der Waals surface area contributed by atoms with Crippen LogP contribution < -0.4 is 10.9 Å². The number of thioether (sulfide) groups is 1. The molecule has 1 N–H and O–H groups in total. The number of hydrogen-bond acceptors (Lipinski definition) is 7. The van der Waals surface area contributed by atoms with Crippen LogP contribution in [0.2, 0.25) is 5.02 Å². The molecule has 1 amide bonds. The zero-order valence-corrected chi connectivity index (χ0v) is 19.4. The maximum Gasteiger partial charge on any atom is 0.272 e. The molecule has 0 radical (unpaired) electrons. The summed E-state index contributed by atoms with van der Waals surface area (Å²) >= 11 is 8.58. The molecule has 32 heavy (non-hydrogen) atoms. The monoisotopic (exact) mass is 489 g/mol. The van der Waals surface area contributed by atoms with Gasteiger partial charge in [0.15, 0.2) is 5.16 Å². The molecule has 0 aliphatic carbocycles. The average molecular weight is 490 g/mol. The molecule has 0 spiro atoms. The van der Waals surface area contributed by atoms with Crippen molar-refractivity contribution in [3.05, 3.63) is 56.7 Å². The largest absolute Gasteiger partial charge is 0.376 e. The van der Waals surface area contributed by atoms with E-state index in [1.165, 1.54) is 23.1 Å². The zero-order chi connectivity index (χ0) is 22.1. The lowest BCUT2D eigenvalue weighted by Crippen LogP contribution is -2.28. The van der Waals surface area contributed by atoms with Gasteiger partial charge in [-0.2, -0.15) is 0 Å². The first-order valence-electron chi connectivity index (χ1n) is 10.2. The Hall–Kier alpha value is -2.40. The van der Waals surface area contributed by atoms with Crippen molar-refractivity contribution < 1.29 is 9.53 Å². The number of carbonyl (C=O) groups excluding carboxylic acids is 1. The number of hydrogen-bond donors (Lipinski definition) is 1. The van der Waals surface area contributed by atoms with Gasteiger partial charge in [-0.05, 0) is 42.0 Å². The molecule has 1 aromatic carbocycles. The second kappa shape index (κ2) is 9.22. The van der Waals surface area contributed by atoms with Gasteiger partial charge < -0.3 is 10.1 Å². The van der Waals surface area contributed by atoms with E-state index in [-0.39, 0.29) is 23.3 Å². The average Bonchev–Trinajstić information content (AvgIpc) is 3.55. The van der Waals surface area contributed by atoms with E-state index in [9.17, 15) is 9.59 Å². The van der Waals surface area contributed by atoms with Crippen LogP contribution in [0.5, 0.6) is 0 Å². The third-order valence-electron chi connectivity index (χ3n) is 5.33. The number of carbonyl (C=O) groups is 1. The molecule has 1 fully saturated rings. The first-order valence-corrected chi connectivity index (χ1v) is 12.4. The van der Waals surface area contributed by atoms with Crippen LogP contribution in [0.3, 0.4) is 0 Å². The van der Waals surface area contributed by atoms with Crippen molar-refractivity contribution in [2.24, 2.45) is 0 Å². The number of amides is 1. The Bertz CT molecular complexity index is 1330.